The van der Waals surface area contributed by atoms with Crippen LogP contribution in [0.3, 0.4) is 0 Å². The van der Waals surface area contributed by atoms with E-state index in [4.69, 9.17) is 11.3 Å². The number of cyclic esters (lactones) is 1. The van der Waals surface area contributed by atoms with Gasteiger partial charge in [0.05, 0.1) is 0 Å². The van der Waals surface area contributed by atoms with Crippen LogP contribution < -0.4 is 0 Å². The number of rotatable bonds is 0. The summed E-state index contributed by atoms with van der Waals surface area (Å²) in [5, 5.41) is 0. The maximum absolute atomic E-state index is 9.23. The Morgan fingerprint density at radius 3 is 2.92 bits per heavy atom. The van der Waals surface area contributed by atoms with Gasteiger partial charge in [-0.25, -0.2) is 16.2 Å². The monoisotopic (exact) mass is 160 g/mol. The fraction of sp³-hybridized carbons (Fsp3) is 0.111. The number of carbonyl (C=O) groups excluding carboxylic acids is 1. The van der Waals surface area contributed by atoms with Crippen LogP contribution in [0.5, 0.6) is 0 Å². The van der Waals surface area contributed by atoms with E-state index < -0.39 is 6.23 Å². The number of hydrogen-bond donors (Lipinski definition) is 0. The fourth-order valence-electron chi connectivity index (χ4n) is 1.24. The highest BCUT2D eigenvalue weighted by atomic mass is 16.6. The number of benzene rings is 1. The van der Waals surface area contributed by atoms with Gasteiger partial charge >= 0.3 is 12.2 Å². The van der Waals surface area contributed by atoms with Crippen molar-refractivity contribution >= 4 is 5.97 Å². The third-order valence-electron chi connectivity index (χ3n) is 1.80. The minimum absolute atomic E-state index is 0.147. The molecule has 1 atom stereocenters. The second-order valence-electron chi connectivity index (χ2n) is 2.49. The fourth-order valence-corrected chi connectivity index (χ4v) is 1.24. The van der Waals surface area contributed by atoms with Gasteiger partial charge in [0.1, 0.15) is 11.1 Å². The molecule has 1 aliphatic heterocycles. The Morgan fingerprint density at radius 1 is 1.42 bits per heavy atom. The van der Waals surface area contributed by atoms with Crippen molar-refractivity contribution in [2.24, 2.45) is 0 Å². The molecule has 58 valence electrons. The summed E-state index contributed by atoms with van der Waals surface area (Å²) in [6.45, 7) is 6.80. The first kappa shape index (κ1) is 6.86. The molecule has 0 aliphatic carbocycles. The molecule has 1 aromatic carbocycles. The van der Waals surface area contributed by atoms with Gasteiger partial charge < -0.3 is 4.79 Å². The van der Waals surface area contributed by atoms with Crippen LogP contribution >= 0.6 is 0 Å². The summed E-state index contributed by atoms with van der Waals surface area (Å²) < 4.78 is 4.90. The normalized spacial score (nSPS) is 19.6. The summed E-state index contributed by atoms with van der Waals surface area (Å²) in [6, 6.07) is 7.13. The van der Waals surface area contributed by atoms with Crippen LogP contribution in [0.25, 0.3) is 4.85 Å². The summed E-state index contributed by atoms with van der Waals surface area (Å²) in [5.74, 6) is -0.147. The topological polar surface area (TPSA) is 35.0 Å². The van der Waals surface area contributed by atoms with Gasteiger partial charge in [-0.15, -0.1) is 0 Å². The highest BCUT2D eigenvalue weighted by Gasteiger charge is 2.43. The van der Waals surface area contributed by atoms with Crippen LogP contribution in [-0.4, -0.2) is 10.8 Å². The number of fused-ring (bicyclic) bond motifs is 1. The van der Waals surface area contributed by atoms with Crippen molar-refractivity contribution in [3.63, 3.8) is 0 Å². The SMILES string of the molecule is [C-]#[N+]C1OC(=[OH+])c2ccccc21. The molecule has 0 amide bonds. The van der Waals surface area contributed by atoms with Crippen molar-refractivity contribution in [3.8, 4) is 0 Å². The molecule has 1 aromatic rings. The molecule has 0 bridgehead atoms. The zero-order valence-corrected chi connectivity index (χ0v) is 6.19. The molecule has 3 heteroatoms. The summed E-state index contributed by atoms with van der Waals surface area (Å²) in [7, 11) is 0. The minimum atomic E-state index is -0.666. The van der Waals surface area contributed by atoms with E-state index in [1.54, 1.807) is 18.2 Å². The average molecular weight is 160 g/mol. The molecular formula is C9H6NO2+. The molecule has 2 rings (SSSR count). The van der Waals surface area contributed by atoms with E-state index in [9.17, 15) is 4.79 Å². The Labute approximate surface area is 69.4 Å². The molecule has 1 unspecified atom stereocenters. The second-order valence-corrected chi connectivity index (χ2v) is 2.49. The van der Waals surface area contributed by atoms with Crippen molar-refractivity contribution in [2.75, 3.05) is 0 Å². The van der Waals surface area contributed by atoms with Crippen LogP contribution in [0, 0.1) is 6.57 Å². The zero-order valence-electron chi connectivity index (χ0n) is 6.19. The molecule has 0 aromatic heterocycles. The molecule has 1 N–H and O–H groups in total. The van der Waals surface area contributed by atoms with E-state index in [1.165, 1.54) is 0 Å². The van der Waals surface area contributed by atoms with E-state index in [0.717, 1.165) is 5.56 Å². The smallest absolute Gasteiger partial charge is 0.335 e. The van der Waals surface area contributed by atoms with Crippen molar-refractivity contribution < 1.29 is 9.53 Å². The maximum Gasteiger partial charge on any atom is 0.524 e. The summed E-state index contributed by atoms with van der Waals surface area (Å²) in [4.78, 5) is 12.5. The number of hydrogen-bond acceptors (Lipinski definition) is 1. The highest BCUT2D eigenvalue weighted by molar-refractivity contribution is 5.94. The molecule has 0 spiro atoms. The van der Waals surface area contributed by atoms with Gasteiger partial charge in [0, 0.05) is 0 Å². The summed E-state index contributed by atoms with van der Waals surface area (Å²) in [6.07, 6.45) is -0.666. The average Bonchev–Trinajstić information content (AvgIpc) is 2.44. The van der Waals surface area contributed by atoms with Crippen LogP contribution in [0.4, 0.5) is 0 Å². The minimum Gasteiger partial charge on any atom is -0.335 e. The van der Waals surface area contributed by atoms with E-state index in [0.29, 0.717) is 5.56 Å². The van der Waals surface area contributed by atoms with E-state index in [1.807, 2.05) is 6.07 Å². The maximum atomic E-state index is 9.23. The molecule has 0 saturated carbocycles. The van der Waals surface area contributed by atoms with E-state index in [-0.39, 0.29) is 5.97 Å². The van der Waals surface area contributed by atoms with E-state index >= 15 is 0 Å². The third-order valence-corrected chi connectivity index (χ3v) is 1.80. The number of esters is 1. The van der Waals surface area contributed by atoms with Crippen LogP contribution in [0.2, 0.25) is 0 Å². The lowest BCUT2D eigenvalue weighted by Gasteiger charge is -1.87. The van der Waals surface area contributed by atoms with Gasteiger partial charge in [-0.1, -0.05) is 12.1 Å². The van der Waals surface area contributed by atoms with Crippen molar-refractivity contribution in [1.29, 1.82) is 0 Å². The Kier molecular flexibility index (Phi) is 1.34. The highest BCUT2D eigenvalue weighted by Crippen LogP contribution is 2.30. The van der Waals surface area contributed by atoms with Gasteiger partial charge in [0.2, 0.25) is 0 Å². The first-order chi connectivity index (χ1) is 5.83. The summed E-state index contributed by atoms with van der Waals surface area (Å²) in [5.41, 5.74) is 1.36. The van der Waals surface area contributed by atoms with Gasteiger partial charge in [-0.05, 0) is 12.1 Å². The third kappa shape index (κ3) is 0.785. The number of nitrogens with zero attached hydrogens (tertiary/aromatic N) is 1. The Morgan fingerprint density at radius 2 is 2.17 bits per heavy atom. The quantitative estimate of drug-likeness (QED) is 0.321. The first-order valence-electron chi connectivity index (χ1n) is 3.51. The standard InChI is InChI=1S/C9H5NO2/c1-10-8-6-4-2-3-5-7(6)9(11)12-8/h2-5,8H/p+1. The Balaban J connectivity index is 2.59. The van der Waals surface area contributed by atoms with Gasteiger partial charge in [0.15, 0.2) is 0 Å². The zero-order chi connectivity index (χ0) is 8.55. The van der Waals surface area contributed by atoms with Crippen LogP contribution in [0.15, 0.2) is 24.3 Å². The molecular weight excluding hydrogens is 154 g/mol. The second kappa shape index (κ2) is 2.35. The molecule has 12 heavy (non-hydrogen) atoms. The predicted octanol–water partition coefficient (Wildman–Crippen LogP) is 1.49. The molecule has 1 aliphatic rings. The van der Waals surface area contributed by atoms with Crippen LogP contribution in [0.1, 0.15) is 17.4 Å². The van der Waals surface area contributed by atoms with Gasteiger partial charge in [0.25, 0.3) is 0 Å². The number of ether oxygens (including phenoxy) is 1. The van der Waals surface area contributed by atoms with Crippen molar-refractivity contribution in [2.45, 2.75) is 6.23 Å². The lowest BCUT2D eigenvalue weighted by molar-refractivity contribution is 0.235. The van der Waals surface area contributed by atoms with Gasteiger partial charge in [-0.3, -0.25) is 0 Å². The van der Waals surface area contributed by atoms with Crippen molar-refractivity contribution in [1.82, 2.24) is 0 Å². The molecule has 0 radical (unpaired) electrons. The Hall–Kier alpha value is -1.82. The Bertz CT molecular complexity index is 378. The first-order valence-corrected chi connectivity index (χ1v) is 3.51. The molecule has 1 heterocycles. The predicted molar refractivity (Wildman–Crippen MR) is 42.9 cm³/mol. The van der Waals surface area contributed by atoms with Gasteiger partial charge in [-0.2, -0.15) is 0 Å². The molecule has 0 saturated heterocycles. The van der Waals surface area contributed by atoms with E-state index in [2.05, 4.69) is 4.85 Å². The summed E-state index contributed by atoms with van der Waals surface area (Å²) >= 11 is 0. The lowest BCUT2D eigenvalue weighted by Crippen LogP contribution is -1.96. The molecule has 0 fully saturated rings. The molecule has 3 nitrogen and oxygen atoms in total. The largest absolute Gasteiger partial charge is 0.524 e. The lowest BCUT2D eigenvalue weighted by atomic mass is 10.1. The van der Waals surface area contributed by atoms with Crippen LogP contribution in [-0.2, 0) is 4.74 Å². The van der Waals surface area contributed by atoms with Crippen molar-refractivity contribution in [3.05, 3.63) is 46.8 Å².